The van der Waals surface area contributed by atoms with Gasteiger partial charge in [-0.25, -0.2) is 0 Å². The van der Waals surface area contributed by atoms with Gasteiger partial charge in [0.15, 0.2) is 0 Å². The van der Waals surface area contributed by atoms with Gasteiger partial charge in [0.05, 0.1) is 6.04 Å². The van der Waals surface area contributed by atoms with Crippen LogP contribution in [0.15, 0.2) is 0 Å². The summed E-state index contributed by atoms with van der Waals surface area (Å²) < 4.78 is 5.39. The SMILES string of the molecule is CC(C)C1CCC(N2CCN(C(=O)C(N)C3CCOCC3)CC2)CC1. The molecular formula is C20H37N3O2. The highest BCUT2D eigenvalue weighted by Crippen LogP contribution is 2.32. The van der Waals surface area contributed by atoms with Crippen molar-refractivity contribution in [2.75, 3.05) is 39.4 Å². The maximum Gasteiger partial charge on any atom is 0.239 e. The topological polar surface area (TPSA) is 58.8 Å². The molecule has 0 spiro atoms. The summed E-state index contributed by atoms with van der Waals surface area (Å²) in [5.41, 5.74) is 6.28. The summed E-state index contributed by atoms with van der Waals surface area (Å²) in [4.78, 5) is 17.4. The normalized spacial score (nSPS) is 31.3. The van der Waals surface area contributed by atoms with Crippen LogP contribution in [0.1, 0.15) is 52.4 Å². The van der Waals surface area contributed by atoms with Gasteiger partial charge in [-0.1, -0.05) is 13.8 Å². The summed E-state index contributed by atoms with van der Waals surface area (Å²) in [6.45, 7) is 9.94. The number of ether oxygens (including phenoxy) is 1. The first-order chi connectivity index (χ1) is 12.1. The van der Waals surface area contributed by atoms with Crippen LogP contribution in [0.3, 0.4) is 0 Å². The molecule has 0 radical (unpaired) electrons. The van der Waals surface area contributed by atoms with Crippen LogP contribution in [0.4, 0.5) is 0 Å². The Kier molecular flexibility index (Phi) is 6.75. The third kappa shape index (κ3) is 4.75. The van der Waals surface area contributed by atoms with Crippen LogP contribution in [0, 0.1) is 17.8 Å². The molecule has 144 valence electrons. The van der Waals surface area contributed by atoms with E-state index in [4.69, 9.17) is 10.5 Å². The third-order valence-electron chi connectivity index (χ3n) is 6.89. The molecule has 5 heteroatoms. The summed E-state index contributed by atoms with van der Waals surface area (Å²) >= 11 is 0. The summed E-state index contributed by atoms with van der Waals surface area (Å²) in [5, 5.41) is 0. The highest BCUT2D eigenvalue weighted by molar-refractivity contribution is 5.82. The second kappa shape index (κ2) is 8.83. The summed E-state index contributed by atoms with van der Waals surface area (Å²) in [6.07, 6.45) is 7.25. The Morgan fingerprint density at radius 1 is 0.920 bits per heavy atom. The largest absolute Gasteiger partial charge is 0.381 e. The predicted octanol–water partition coefficient (Wildman–Crippen LogP) is 2.10. The first-order valence-corrected chi connectivity index (χ1v) is 10.4. The van der Waals surface area contributed by atoms with E-state index in [1.54, 1.807) is 0 Å². The minimum absolute atomic E-state index is 0.162. The van der Waals surface area contributed by atoms with Crippen LogP contribution < -0.4 is 5.73 Å². The lowest BCUT2D eigenvalue weighted by atomic mass is 9.79. The van der Waals surface area contributed by atoms with Crippen molar-refractivity contribution < 1.29 is 9.53 Å². The lowest BCUT2D eigenvalue weighted by Gasteiger charge is -2.43. The zero-order valence-corrected chi connectivity index (χ0v) is 16.2. The number of nitrogens with zero attached hydrogens (tertiary/aromatic N) is 2. The van der Waals surface area contributed by atoms with Crippen LogP contribution in [0.5, 0.6) is 0 Å². The van der Waals surface area contributed by atoms with Gasteiger partial charge in [-0.3, -0.25) is 9.69 Å². The Hall–Kier alpha value is -0.650. The van der Waals surface area contributed by atoms with E-state index in [9.17, 15) is 4.79 Å². The number of piperazine rings is 1. The number of rotatable bonds is 4. The van der Waals surface area contributed by atoms with E-state index in [1.807, 2.05) is 4.90 Å². The smallest absolute Gasteiger partial charge is 0.239 e. The Morgan fingerprint density at radius 2 is 1.52 bits per heavy atom. The maximum atomic E-state index is 12.7. The van der Waals surface area contributed by atoms with Crippen molar-refractivity contribution >= 4 is 5.91 Å². The van der Waals surface area contributed by atoms with Gasteiger partial charge in [0.2, 0.25) is 5.91 Å². The molecule has 25 heavy (non-hydrogen) atoms. The molecule has 0 aromatic heterocycles. The Balaban J connectivity index is 1.43. The zero-order chi connectivity index (χ0) is 17.8. The number of carbonyl (C=O) groups is 1. The molecule has 3 rings (SSSR count). The van der Waals surface area contributed by atoms with E-state index in [-0.39, 0.29) is 11.9 Å². The van der Waals surface area contributed by atoms with Crippen molar-refractivity contribution in [1.82, 2.24) is 9.80 Å². The molecule has 0 aromatic carbocycles. The molecule has 1 unspecified atom stereocenters. The second-order valence-corrected chi connectivity index (χ2v) is 8.65. The Morgan fingerprint density at radius 3 is 2.08 bits per heavy atom. The molecule has 2 N–H and O–H groups in total. The number of amides is 1. The monoisotopic (exact) mass is 351 g/mol. The number of nitrogens with two attached hydrogens (primary N) is 1. The highest BCUT2D eigenvalue weighted by Gasteiger charge is 2.34. The van der Waals surface area contributed by atoms with E-state index < -0.39 is 0 Å². The van der Waals surface area contributed by atoms with Crippen molar-refractivity contribution in [3.8, 4) is 0 Å². The third-order valence-corrected chi connectivity index (χ3v) is 6.89. The Labute approximate surface area is 153 Å². The van der Waals surface area contributed by atoms with Crippen molar-refractivity contribution in [1.29, 1.82) is 0 Å². The predicted molar refractivity (Wildman–Crippen MR) is 100 cm³/mol. The highest BCUT2D eigenvalue weighted by atomic mass is 16.5. The average Bonchev–Trinajstić information content (AvgIpc) is 2.67. The van der Waals surface area contributed by atoms with Crippen LogP contribution in [0.2, 0.25) is 0 Å². The van der Waals surface area contributed by atoms with Gasteiger partial charge >= 0.3 is 0 Å². The standard InChI is InChI=1S/C20H37N3O2/c1-15(2)16-3-5-18(6-4-16)22-9-11-23(12-10-22)20(24)19(21)17-7-13-25-14-8-17/h15-19H,3-14,21H2,1-2H3. The molecule has 1 atom stereocenters. The fourth-order valence-electron chi connectivity index (χ4n) is 4.93. The van der Waals surface area contributed by atoms with Gasteiger partial charge in [-0.15, -0.1) is 0 Å². The molecule has 2 aliphatic heterocycles. The number of carbonyl (C=O) groups excluding carboxylic acids is 1. The lowest BCUT2D eigenvalue weighted by molar-refractivity contribution is -0.137. The van der Waals surface area contributed by atoms with Crippen molar-refractivity contribution in [2.45, 2.75) is 64.5 Å². The van der Waals surface area contributed by atoms with Crippen molar-refractivity contribution in [2.24, 2.45) is 23.5 Å². The molecule has 2 saturated heterocycles. The molecular weight excluding hydrogens is 314 g/mol. The zero-order valence-electron chi connectivity index (χ0n) is 16.2. The maximum absolute atomic E-state index is 12.7. The lowest BCUT2D eigenvalue weighted by Crippen LogP contribution is -2.57. The number of hydrogen-bond donors (Lipinski definition) is 1. The molecule has 2 heterocycles. The molecule has 0 bridgehead atoms. The van der Waals surface area contributed by atoms with Crippen LogP contribution in [0.25, 0.3) is 0 Å². The molecule has 1 amide bonds. The minimum Gasteiger partial charge on any atom is -0.381 e. The van der Waals surface area contributed by atoms with Crippen molar-refractivity contribution in [3.05, 3.63) is 0 Å². The molecule has 0 aromatic rings. The van der Waals surface area contributed by atoms with Crippen LogP contribution >= 0.6 is 0 Å². The quantitative estimate of drug-likeness (QED) is 0.843. The Bertz CT molecular complexity index is 421. The summed E-state index contributed by atoms with van der Waals surface area (Å²) in [5.74, 6) is 2.19. The van der Waals surface area contributed by atoms with E-state index in [0.717, 1.165) is 70.1 Å². The fraction of sp³-hybridized carbons (Fsp3) is 0.950. The first-order valence-electron chi connectivity index (χ1n) is 10.4. The van der Waals surface area contributed by atoms with E-state index in [0.29, 0.717) is 5.92 Å². The van der Waals surface area contributed by atoms with Gasteiger partial charge in [-0.2, -0.15) is 0 Å². The van der Waals surface area contributed by atoms with Gasteiger partial charge in [0.1, 0.15) is 0 Å². The molecule has 1 aliphatic carbocycles. The molecule has 5 nitrogen and oxygen atoms in total. The van der Waals surface area contributed by atoms with Crippen LogP contribution in [-0.2, 0) is 9.53 Å². The number of hydrogen-bond acceptors (Lipinski definition) is 4. The summed E-state index contributed by atoms with van der Waals surface area (Å²) in [7, 11) is 0. The molecule has 3 aliphatic rings. The average molecular weight is 352 g/mol. The second-order valence-electron chi connectivity index (χ2n) is 8.65. The molecule has 3 fully saturated rings. The van der Waals surface area contributed by atoms with E-state index >= 15 is 0 Å². The van der Waals surface area contributed by atoms with Gasteiger partial charge in [0.25, 0.3) is 0 Å². The minimum atomic E-state index is -0.336. The van der Waals surface area contributed by atoms with Crippen molar-refractivity contribution in [3.63, 3.8) is 0 Å². The van der Waals surface area contributed by atoms with Gasteiger partial charge in [-0.05, 0) is 56.3 Å². The van der Waals surface area contributed by atoms with E-state index in [1.165, 1.54) is 25.7 Å². The fourth-order valence-corrected chi connectivity index (χ4v) is 4.93. The molecule has 1 saturated carbocycles. The van der Waals surface area contributed by atoms with E-state index in [2.05, 4.69) is 18.7 Å². The first kappa shape index (κ1) is 19.1. The van der Waals surface area contributed by atoms with Gasteiger partial charge in [0, 0.05) is 45.4 Å². The summed E-state index contributed by atoms with van der Waals surface area (Å²) in [6, 6.07) is 0.397. The van der Waals surface area contributed by atoms with Gasteiger partial charge < -0.3 is 15.4 Å². The van der Waals surface area contributed by atoms with Crippen LogP contribution in [-0.4, -0.2) is 67.2 Å².